The monoisotopic (exact) mass is 740 g/mol. The summed E-state index contributed by atoms with van der Waals surface area (Å²) in [6, 6.07) is 15.7. The average Bonchev–Trinajstić information content (AvgIpc) is 3.64. The van der Waals surface area contributed by atoms with Gasteiger partial charge in [0.25, 0.3) is 0 Å². The molecule has 0 amide bonds. The Bertz CT molecular complexity index is 1790. The van der Waals surface area contributed by atoms with E-state index in [0.717, 1.165) is 11.1 Å². The van der Waals surface area contributed by atoms with E-state index in [0.29, 0.717) is 11.3 Å². The van der Waals surface area contributed by atoms with Crippen molar-refractivity contribution in [3.8, 4) is 5.88 Å². The van der Waals surface area contributed by atoms with Crippen molar-refractivity contribution >= 4 is 30.8 Å². The number of esters is 2. The lowest BCUT2D eigenvalue weighted by Gasteiger charge is -2.30. The molecule has 0 spiro atoms. The molecule has 1 aliphatic heterocycles. The summed E-state index contributed by atoms with van der Waals surface area (Å²) in [7, 11) is -3.01. The zero-order valence-electron chi connectivity index (χ0n) is 29.7. The standard InChI is InChI=1S/C35H45N6O10P/c1-6-48-32(43)25(18-23-14-10-8-11-15-23)39-52(46,40-26(33(44)49-7-2)19-24-16-12-9-13-17-24)50-20-27-29(42)35(4,45)34(51-27)41-21-36-28-30(41)37-22(3)38-31(28)47-5/h8-17,21,25-27,29,34,42,45H,6-7,18-20H2,1-5H3,(H2,39,40,46)/t25-,26+,27-,29?,34-,35+,52?/m1/s1. The van der Waals surface area contributed by atoms with E-state index in [4.69, 9.17) is 23.5 Å². The van der Waals surface area contributed by atoms with Crippen LogP contribution in [0.15, 0.2) is 67.0 Å². The molecule has 1 aliphatic rings. The summed E-state index contributed by atoms with van der Waals surface area (Å²) in [5, 5.41) is 28.5. The molecule has 1 saturated heterocycles. The highest BCUT2D eigenvalue weighted by Crippen LogP contribution is 2.44. The maximum absolute atomic E-state index is 14.9. The number of aryl methyl sites for hydroxylation is 1. The van der Waals surface area contributed by atoms with Crippen LogP contribution in [0, 0.1) is 6.92 Å². The number of nitrogens with one attached hydrogen (secondary N) is 2. The van der Waals surface area contributed by atoms with E-state index in [1.807, 2.05) is 12.1 Å². The number of carbonyl (C=O) groups excluding carboxylic acids is 2. The van der Waals surface area contributed by atoms with Gasteiger partial charge in [0.05, 0.1) is 33.3 Å². The minimum absolute atomic E-state index is 0.0572. The van der Waals surface area contributed by atoms with Gasteiger partial charge < -0.3 is 33.7 Å². The molecule has 2 aromatic carbocycles. The highest BCUT2D eigenvalue weighted by molar-refractivity contribution is 7.54. The van der Waals surface area contributed by atoms with Gasteiger partial charge in [0, 0.05) is 0 Å². The Morgan fingerprint density at radius 1 is 0.962 bits per heavy atom. The molecule has 3 heterocycles. The topological polar surface area (TPSA) is 205 Å². The van der Waals surface area contributed by atoms with E-state index >= 15 is 0 Å². The fourth-order valence-corrected chi connectivity index (χ4v) is 7.73. The number of hydrogen-bond acceptors (Lipinski definition) is 13. The highest BCUT2D eigenvalue weighted by Gasteiger charge is 2.54. The Hall–Kier alpha value is -4.28. The molecule has 2 aromatic heterocycles. The summed E-state index contributed by atoms with van der Waals surface area (Å²) in [6.07, 6.45) is -2.54. The Morgan fingerprint density at radius 3 is 2.00 bits per heavy atom. The fourth-order valence-electron chi connectivity index (χ4n) is 5.94. The normalized spacial score (nSPS) is 22.4. The van der Waals surface area contributed by atoms with E-state index in [1.165, 1.54) is 24.9 Å². The molecule has 52 heavy (non-hydrogen) atoms. The lowest BCUT2D eigenvalue weighted by Crippen LogP contribution is -2.47. The molecule has 1 fully saturated rings. The molecule has 4 aromatic rings. The van der Waals surface area contributed by atoms with Gasteiger partial charge >= 0.3 is 19.6 Å². The zero-order chi connectivity index (χ0) is 37.5. The van der Waals surface area contributed by atoms with Crippen molar-refractivity contribution in [2.45, 2.75) is 76.7 Å². The number of fused-ring (bicyclic) bond motifs is 1. The molecule has 16 nitrogen and oxygen atoms in total. The van der Waals surface area contributed by atoms with Crippen LogP contribution in [-0.4, -0.2) is 98.5 Å². The predicted octanol–water partition coefficient (Wildman–Crippen LogP) is 2.81. The first-order valence-corrected chi connectivity index (χ1v) is 18.5. The van der Waals surface area contributed by atoms with Crippen LogP contribution in [0.25, 0.3) is 11.2 Å². The summed E-state index contributed by atoms with van der Waals surface area (Å²) < 4.78 is 44.6. The number of benzene rings is 2. The molecular formula is C35H45N6O10P. The first-order valence-electron chi connectivity index (χ1n) is 16.9. The van der Waals surface area contributed by atoms with Crippen molar-refractivity contribution in [1.29, 1.82) is 0 Å². The van der Waals surface area contributed by atoms with Crippen LogP contribution in [0.5, 0.6) is 5.88 Å². The molecule has 17 heteroatoms. The van der Waals surface area contributed by atoms with Gasteiger partial charge in [-0.25, -0.2) is 20.1 Å². The second kappa shape index (κ2) is 17.0. The van der Waals surface area contributed by atoms with E-state index in [1.54, 1.807) is 69.3 Å². The zero-order valence-corrected chi connectivity index (χ0v) is 30.6. The third kappa shape index (κ3) is 9.01. The maximum Gasteiger partial charge on any atom is 0.342 e. The molecule has 5 rings (SSSR count). The predicted molar refractivity (Wildman–Crippen MR) is 188 cm³/mol. The lowest BCUT2D eigenvalue weighted by atomic mass is 9.96. The fraction of sp³-hybridized carbons (Fsp3) is 0.457. The summed E-state index contributed by atoms with van der Waals surface area (Å²) in [5.41, 5.74) is 0.158. The summed E-state index contributed by atoms with van der Waals surface area (Å²) in [4.78, 5) is 39.6. The minimum Gasteiger partial charge on any atom is -0.479 e. The van der Waals surface area contributed by atoms with Crippen LogP contribution in [-0.2, 0) is 45.7 Å². The number of carbonyl (C=O) groups is 2. The van der Waals surface area contributed by atoms with Crippen LogP contribution < -0.4 is 14.9 Å². The van der Waals surface area contributed by atoms with Crippen LogP contribution in [0.1, 0.15) is 44.0 Å². The number of rotatable bonds is 17. The number of aliphatic hydroxyl groups is 2. The number of aromatic nitrogens is 4. The third-order valence-corrected chi connectivity index (χ3v) is 10.3. The van der Waals surface area contributed by atoms with Gasteiger partial charge in [-0.3, -0.25) is 18.7 Å². The van der Waals surface area contributed by atoms with Crippen LogP contribution >= 0.6 is 7.67 Å². The molecule has 0 bridgehead atoms. The van der Waals surface area contributed by atoms with Gasteiger partial charge in [-0.2, -0.15) is 4.98 Å². The second-order valence-corrected chi connectivity index (χ2v) is 14.3. The molecule has 0 saturated carbocycles. The maximum atomic E-state index is 14.9. The molecule has 0 radical (unpaired) electrons. The van der Waals surface area contributed by atoms with Crippen molar-refractivity contribution < 1.29 is 47.8 Å². The largest absolute Gasteiger partial charge is 0.479 e. The van der Waals surface area contributed by atoms with Gasteiger partial charge in [-0.1, -0.05) is 60.7 Å². The third-order valence-electron chi connectivity index (χ3n) is 8.48. The first kappa shape index (κ1) is 38.9. The number of methoxy groups -OCH3 is 1. The van der Waals surface area contributed by atoms with E-state index in [2.05, 4.69) is 25.1 Å². The second-order valence-electron chi connectivity index (χ2n) is 12.4. The summed E-state index contributed by atoms with van der Waals surface area (Å²) >= 11 is 0. The van der Waals surface area contributed by atoms with Crippen molar-refractivity contribution in [3.05, 3.63) is 83.9 Å². The number of aliphatic hydroxyl groups excluding tert-OH is 1. The van der Waals surface area contributed by atoms with E-state index < -0.39 is 62.3 Å². The van der Waals surface area contributed by atoms with Gasteiger partial charge in [0.1, 0.15) is 35.7 Å². The van der Waals surface area contributed by atoms with E-state index in [-0.39, 0.29) is 37.6 Å². The Morgan fingerprint density at radius 2 is 1.50 bits per heavy atom. The number of nitrogens with zero attached hydrogens (tertiary/aromatic N) is 4. The summed E-state index contributed by atoms with van der Waals surface area (Å²) in [6.45, 7) is 5.90. The number of ether oxygens (including phenoxy) is 4. The van der Waals surface area contributed by atoms with Gasteiger partial charge in [0.2, 0.25) is 5.88 Å². The van der Waals surface area contributed by atoms with Crippen LogP contribution in [0.4, 0.5) is 0 Å². The quantitative estimate of drug-likeness (QED) is 0.0908. The average molecular weight is 741 g/mol. The smallest absolute Gasteiger partial charge is 0.342 e. The van der Waals surface area contributed by atoms with Crippen molar-refractivity contribution in [2.75, 3.05) is 26.9 Å². The number of imidazole rings is 1. The van der Waals surface area contributed by atoms with Crippen molar-refractivity contribution in [1.82, 2.24) is 29.7 Å². The van der Waals surface area contributed by atoms with Crippen molar-refractivity contribution in [2.24, 2.45) is 0 Å². The van der Waals surface area contributed by atoms with Crippen LogP contribution in [0.3, 0.4) is 0 Å². The van der Waals surface area contributed by atoms with Gasteiger partial charge in [0.15, 0.2) is 17.4 Å². The summed E-state index contributed by atoms with van der Waals surface area (Å²) in [5.74, 6) is -0.809. The van der Waals surface area contributed by atoms with Gasteiger partial charge in [-0.15, -0.1) is 0 Å². The van der Waals surface area contributed by atoms with E-state index in [9.17, 15) is 24.4 Å². The molecule has 7 atom stereocenters. The first-order chi connectivity index (χ1) is 24.9. The molecule has 2 unspecified atom stereocenters. The minimum atomic E-state index is -4.45. The molecular weight excluding hydrogens is 695 g/mol. The Labute approximate surface area is 301 Å². The SMILES string of the molecule is CCOC(=O)[C@H](Cc1ccccc1)NP(=O)(N[C@H](Cc1ccccc1)C(=O)OCC)OC[C@H]1O[C@@H](n2cnc3c(OC)nc(C)nc32)[C@@](C)(O)C1O. The van der Waals surface area contributed by atoms with Crippen LogP contribution in [0.2, 0.25) is 0 Å². The Kier molecular flexibility index (Phi) is 12.8. The Balaban J connectivity index is 1.46. The van der Waals surface area contributed by atoms with Crippen molar-refractivity contribution in [3.63, 3.8) is 0 Å². The molecule has 0 aliphatic carbocycles. The lowest BCUT2D eigenvalue weighted by molar-refractivity contribution is -0.145. The molecule has 280 valence electrons. The highest BCUT2D eigenvalue weighted by atomic mass is 31.2. The number of hydrogen-bond donors (Lipinski definition) is 4. The van der Waals surface area contributed by atoms with Gasteiger partial charge in [-0.05, 0) is 51.7 Å². The molecule has 4 N–H and O–H groups in total.